The molecule has 3 fully saturated rings. The zero-order chi connectivity index (χ0) is 19.8. The van der Waals surface area contributed by atoms with Gasteiger partial charge in [0.1, 0.15) is 0 Å². The first-order valence-electron chi connectivity index (χ1n) is 11.2. The summed E-state index contributed by atoms with van der Waals surface area (Å²) in [6.07, 6.45) is 12.6. The van der Waals surface area contributed by atoms with Gasteiger partial charge < -0.3 is 4.90 Å². The van der Waals surface area contributed by atoms with Gasteiger partial charge in [0.2, 0.25) is 0 Å². The fraction of sp³-hybridized carbons (Fsp3) is 0.583. The zero-order valence-electron chi connectivity index (χ0n) is 17.5. The molecule has 1 amide bonds. The van der Waals surface area contributed by atoms with Crippen LogP contribution in [0.4, 0.5) is 0 Å². The van der Waals surface area contributed by atoms with Gasteiger partial charge in [0.15, 0.2) is 0 Å². The normalized spacial score (nSPS) is 25.1. The molecule has 5 heteroatoms. The molecule has 0 bridgehead atoms. The number of amides is 1. The average Bonchev–Trinajstić information content (AvgIpc) is 3.19. The third kappa shape index (κ3) is 3.39. The Morgan fingerprint density at radius 1 is 1.07 bits per heavy atom. The minimum Gasteiger partial charge on any atom is -0.338 e. The lowest BCUT2D eigenvalue weighted by molar-refractivity contribution is -0.132. The molecule has 154 valence electrons. The Hall–Kier alpha value is -2.14. The summed E-state index contributed by atoms with van der Waals surface area (Å²) in [4.78, 5) is 17.5. The van der Waals surface area contributed by atoms with Crippen LogP contribution in [0.1, 0.15) is 66.9 Å². The summed E-state index contributed by atoms with van der Waals surface area (Å²) < 4.78 is 1.70. The summed E-state index contributed by atoms with van der Waals surface area (Å²) in [7, 11) is 1.86. The molecule has 0 radical (unpaired) electrons. The molecule has 5 rings (SSSR count). The smallest absolute Gasteiger partial charge is 0.257 e. The molecular weight excluding hydrogens is 360 g/mol. The Labute approximate surface area is 173 Å². The molecule has 3 heterocycles. The van der Waals surface area contributed by atoms with Gasteiger partial charge in [-0.25, -0.2) is 0 Å². The highest BCUT2D eigenvalue weighted by atomic mass is 16.2. The van der Waals surface area contributed by atoms with Crippen LogP contribution in [0.2, 0.25) is 0 Å². The van der Waals surface area contributed by atoms with Crippen LogP contribution in [0.5, 0.6) is 0 Å². The van der Waals surface area contributed by atoms with Gasteiger partial charge >= 0.3 is 0 Å². The molecule has 1 unspecified atom stereocenters. The topological polar surface area (TPSA) is 41.4 Å². The van der Waals surface area contributed by atoms with Crippen LogP contribution in [-0.4, -0.2) is 51.2 Å². The van der Waals surface area contributed by atoms with Gasteiger partial charge in [-0.1, -0.05) is 49.6 Å². The van der Waals surface area contributed by atoms with Gasteiger partial charge in [-0.15, -0.1) is 0 Å². The van der Waals surface area contributed by atoms with Gasteiger partial charge in [0.05, 0.1) is 11.8 Å². The molecular formula is C24H32N4O. The number of hydrogen-bond donors (Lipinski definition) is 0. The fourth-order valence-electron chi connectivity index (χ4n) is 6.10. The number of likely N-dealkylation sites (tertiary alicyclic amines) is 2. The first-order chi connectivity index (χ1) is 14.2. The van der Waals surface area contributed by atoms with Crippen LogP contribution in [0, 0.1) is 5.41 Å². The van der Waals surface area contributed by atoms with E-state index in [2.05, 4.69) is 40.3 Å². The van der Waals surface area contributed by atoms with E-state index < -0.39 is 0 Å². The maximum atomic E-state index is 12.8. The number of aromatic nitrogens is 2. The van der Waals surface area contributed by atoms with Crippen LogP contribution in [-0.2, 0) is 7.05 Å². The second kappa shape index (κ2) is 7.60. The molecule has 1 aliphatic carbocycles. The van der Waals surface area contributed by atoms with Gasteiger partial charge in [-0.2, -0.15) is 5.10 Å². The predicted octanol–water partition coefficient (Wildman–Crippen LogP) is 4.03. The Balaban J connectivity index is 1.28. The molecule has 1 aromatic heterocycles. The molecule has 3 aliphatic rings. The lowest BCUT2D eigenvalue weighted by Gasteiger charge is -2.63. The largest absolute Gasteiger partial charge is 0.338 e. The first kappa shape index (κ1) is 18.9. The Kier molecular flexibility index (Phi) is 4.94. The van der Waals surface area contributed by atoms with Crippen molar-refractivity contribution in [1.82, 2.24) is 19.6 Å². The molecule has 29 heavy (non-hydrogen) atoms. The minimum atomic E-state index is 0.128. The van der Waals surface area contributed by atoms with Crippen LogP contribution in [0.3, 0.4) is 0 Å². The monoisotopic (exact) mass is 392 g/mol. The lowest BCUT2D eigenvalue weighted by atomic mass is 9.60. The van der Waals surface area contributed by atoms with E-state index in [4.69, 9.17) is 0 Å². The highest BCUT2D eigenvalue weighted by molar-refractivity contribution is 5.93. The average molecular weight is 393 g/mol. The number of nitrogens with zero attached hydrogens (tertiary/aromatic N) is 4. The summed E-state index contributed by atoms with van der Waals surface area (Å²) in [5.41, 5.74) is 2.69. The number of piperidine rings is 1. The Morgan fingerprint density at radius 2 is 1.79 bits per heavy atom. The van der Waals surface area contributed by atoms with E-state index in [1.165, 1.54) is 44.2 Å². The van der Waals surface area contributed by atoms with Crippen molar-refractivity contribution in [1.29, 1.82) is 0 Å². The van der Waals surface area contributed by atoms with E-state index in [-0.39, 0.29) is 5.91 Å². The standard InChI is InChI=1S/C24H32N4O/c1-26-17-20(16-25-26)23(29)27-14-10-21(11-15-27)28-18-24(12-6-3-7-13-24)22(28)19-8-4-2-5-9-19/h2,4-5,8-9,16-17,21-22H,3,6-7,10-15,18H2,1H3. The minimum absolute atomic E-state index is 0.128. The molecule has 1 saturated carbocycles. The van der Waals surface area contributed by atoms with Crippen LogP contribution in [0.15, 0.2) is 42.7 Å². The Bertz CT molecular complexity index is 847. The van der Waals surface area contributed by atoms with E-state index in [1.807, 2.05) is 18.1 Å². The van der Waals surface area contributed by atoms with E-state index in [0.29, 0.717) is 23.1 Å². The summed E-state index contributed by atoms with van der Waals surface area (Å²) in [6, 6.07) is 12.3. The van der Waals surface area contributed by atoms with Gasteiger partial charge in [0.25, 0.3) is 5.91 Å². The second-order valence-corrected chi connectivity index (χ2v) is 9.33. The van der Waals surface area contributed by atoms with E-state index >= 15 is 0 Å². The molecule has 1 spiro atoms. The predicted molar refractivity (Wildman–Crippen MR) is 114 cm³/mol. The summed E-state index contributed by atoms with van der Waals surface area (Å²) in [5.74, 6) is 0.128. The van der Waals surface area contributed by atoms with Crippen LogP contribution in [0.25, 0.3) is 0 Å². The number of carbonyl (C=O) groups excluding carboxylic acids is 1. The number of aryl methyl sites for hydroxylation is 1. The van der Waals surface area contributed by atoms with Crippen molar-refractivity contribution >= 4 is 5.91 Å². The van der Waals surface area contributed by atoms with Crippen molar-refractivity contribution in [3.05, 3.63) is 53.9 Å². The van der Waals surface area contributed by atoms with Crippen LogP contribution < -0.4 is 0 Å². The SMILES string of the molecule is Cn1cc(C(=O)N2CCC(N3CC4(CCCCC4)C3c3ccccc3)CC2)cn1. The van der Waals surface area contributed by atoms with E-state index in [0.717, 1.165) is 25.9 Å². The zero-order valence-corrected chi connectivity index (χ0v) is 17.5. The third-order valence-corrected chi connectivity index (χ3v) is 7.55. The van der Waals surface area contributed by atoms with E-state index in [9.17, 15) is 4.79 Å². The van der Waals surface area contributed by atoms with Gasteiger partial charge in [0, 0.05) is 50.4 Å². The third-order valence-electron chi connectivity index (χ3n) is 7.55. The highest BCUT2D eigenvalue weighted by Gasteiger charge is 2.54. The number of carbonyl (C=O) groups is 1. The summed E-state index contributed by atoms with van der Waals surface area (Å²) in [5, 5.41) is 4.15. The van der Waals surface area contributed by atoms with Gasteiger partial charge in [-0.3, -0.25) is 14.4 Å². The number of benzene rings is 1. The van der Waals surface area contributed by atoms with E-state index in [1.54, 1.807) is 10.9 Å². The summed E-state index contributed by atoms with van der Waals surface area (Å²) >= 11 is 0. The van der Waals surface area contributed by atoms with Crippen molar-refractivity contribution in [3.8, 4) is 0 Å². The van der Waals surface area contributed by atoms with Gasteiger partial charge in [-0.05, 0) is 31.2 Å². The highest BCUT2D eigenvalue weighted by Crippen LogP contribution is 2.58. The first-order valence-corrected chi connectivity index (χ1v) is 11.2. The molecule has 1 atom stereocenters. The summed E-state index contributed by atoms with van der Waals surface area (Å²) in [6.45, 7) is 2.95. The van der Waals surface area contributed by atoms with Crippen molar-refractivity contribution in [2.24, 2.45) is 12.5 Å². The van der Waals surface area contributed by atoms with Crippen molar-refractivity contribution in [2.45, 2.75) is 57.0 Å². The van der Waals surface area contributed by atoms with Crippen molar-refractivity contribution in [2.75, 3.05) is 19.6 Å². The quantitative estimate of drug-likeness (QED) is 0.792. The van der Waals surface area contributed by atoms with Crippen molar-refractivity contribution in [3.63, 3.8) is 0 Å². The fourth-order valence-corrected chi connectivity index (χ4v) is 6.10. The molecule has 2 saturated heterocycles. The molecule has 2 aromatic rings. The number of rotatable bonds is 3. The number of hydrogen-bond acceptors (Lipinski definition) is 3. The van der Waals surface area contributed by atoms with Crippen molar-refractivity contribution < 1.29 is 4.79 Å². The lowest BCUT2D eigenvalue weighted by Crippen LogP contribution is -2.63. The molecule has 5 nitrogen and oxygen atoms in total. The maximum Gasteiger partial charge on any atom is 0.257 e. The second-order valence-electron chi connectivity index (χ2n) is 9.33. The molecule has 1 aromatic carbocycles. The maximum absolute atomic E-state index is 12.8. The molecule has 0 N–H and O–H groups in total. The van der Waals surface area contributed by atoms with Crippen LogP contribution >= 0.6 is 0 Å². The Morgan fingerprint density at radius 3 is 2.45 bits per heavy atom. The molecule has 2 aliphatic heterocycles.